The molecule has 1 aromatic carbocycles. The van der Waals surface area contributed by atoms with Gasteiger partial charge in [0.2, 0.25) is 0 Å². The van der Waals surface area contributed by atoms with Gasteiger partial charge in [0, 0.05) is 34.1 Å². The zero-order chi connectivity index (χ0) is 15.1. The molecule has 0 amide bonds. The summed E-state index contributed by atoms with van der Waals surface area (Å²) in [5.74, 6) is -0.781. The number of hydrogen-bond acceptors (Lipinski definition) is 1. The number of hydrogen-bond donors (Lipinski definition) is 1. The summed E-state index contributed by atoms with van der Waals surface area (Å²) in [7, 11) is 0. The normalized spacial score (nSPS) is 12.3. The van der Waals surface area contributed by atoms with Gasteiger partial charge in [0.25, 0.3) is 0 Å². The Balaban J connectivity index is 2.58. The molecule has 0 spiro atoms. The van der Waals surface area contributed by atoms with Crippen LogP contribution in [0.5, 0.6) is 0 Å². The second-order valence-corrected chi connectivity index (χ2v) is 6.60. The zero-order valence-corrected chi connectivity index (χ0v) is 13.0. The molecule has 108 valence electrons. The van der Waals surface area contributed by atoms with Gasteiger partial charge in [-0.2, -0.15) is 0 Å². The lowest BCUT2D eigenvalue weighted by Gasteiger charge is -2.22. The fourth-order valence-corrected chi connectivity index (χ4v) is 2.72. The minimum absolute atomic E-state index is 0.272. The molecule has 0 radical (unpaired) electrons. The van der Waals surface area contributed by atoms with Gasteiger partial charge in [-0.25, -0.2) is 0 Å². The maximum Gasteiger partial charge on any atom is 0.309 e. The average Bonchev–Trinajstić information content (AvgIpc) is 2.64. The molecule has 0 saturated heterocycles. The van der Waals surface area contributed by atoms with Gasteiger partial charge in [-0.1, -0.05) is 11.6 Å². The Morgan fingerprint density at radius 1 is 1.35 bits per heavy atom. The van der Waals surface area contributed by atoms with Crippen molar-refractivity contribution in [2.75, 3.05) is 0 Å². The summed E-state index contributed by atoms with van der Waals surface area (Å²) in [4.78, 5) is 11.3. The molecule has 2 aromatic rings. The number of nitrogens with zero attached hydrogens (tertiary/aromatic N) is 1. The predicted octanol–water partition coefficient (Wildman–Crippen LogP) is 4.53. The first-order valence-corrected chi connectivity index (χ1v) is 7.13. The van der Waals surface area contributed by atoms with Gasteiger partial charge in [0.05, 0.1) is 5.41 Å². The Hall–Kier alpha value is -1.48. The van der Waals surface area contributed by atoms with Crippen LogP contribution in [0.2, 0.25) is 5.02 Å². The lowest BCUT2D eigenvalue weighted by Crippen LogP contribution is -2.27. The molecule has 20 heavy (non-hydrogen) atoms. The first-order valence-electron chi connectivity index (χ1n) is 6.75. The number of halogens is 1. The van der Waals surface area contributed by atoms with Crippen molar-refractivity contribution in [1.29, 1.82) is 0 Å². The van der Waals surface area contributed by atoms with Crippen molar-refractivity contribution in [3.8, 4) is 0 Å². The quantitative estimate of drug-likeness (QED) is 0.900. The smallest absolute Gasteiger partial charge is 0.309 e. The van der Waals surface area contributed by atoms with Gasteiger partial charge in [-0.05, 0) is 52.0 Å². The molecular weight excluding hydrogens is 274 g/mol. The van der Waals surface area contributed by atoms with Crippen molar-refractivity contribution >= 4 is 28.5 Å². The minimum atomic E-state index is -0.787. The molecule has 0 saturated carbocycles. The highest BCUT2D eigenvalue weighted by atomic mass is 35.5. The topological polar surface area (TPSA) is 42.2 Å². The Morgan fingerprint density at radius 2 is 2.00 bits per heavy atom. The predicted molar refractivity (Wildman–Crippen MR) is 82.5 cm³/mol. The average molecular weight is 294 g/mol. The van der Waals surface area contributed by atoms with Gasteiger partial charge in [-0.15, -0.1) is 0 Å². The van der Waals surface area contributed by atoms with E-state index < -0.39 is 11.4 Å². The van der Waals surface area contributed by atoms with Crippen LogP contribution in [-0.2, 0) is 11.2 Å². The monoisotopic (exact) mass is 293 g/mol. The standard InChI is InChI=1S/C16H20ClNO2/c1-10(2)18-13(9-16(3,4)15(19)20)8-11-7-12(17)5-6-14(11)18/h5-8,10H,9H2,1-4H3,(H,19,20). The van der Waals surface area contributed by atoms with Crippen LogP contribution in [0.1, 0.15) is 39.4 Å². The Morgan fingerprint density at radius 3 is 2.55 bits per heavy atom. The summed E-state index contributed by atoms with van der Waals surface area (Å²) >= 11 is 6.04. The van der Waals surface area contributed by atoms with Crippen LogP contribution >= 0.6 is 11.6 Å². The summed E-state index contributed by atoms with van der Waals surface area (Å²) in [5, 5.41) is 11.1. The molecule has 3 nitrogen and oxygen atoms in total. The number of rotatable bonds is 4. The molecule has 0 unspecified atom stereocenters. The van der Waals surface area contributed by atoms with E-state index in [-0.39, 0.29) is 6.04 Å². The summed E-state index contributed by atoms with van der Waals surface area (Å²) in [6.07, 6.45) is 0.493. The van der Waals surface area contributed by atoms with E-state index in [1.807, 2.05) is 24.3 Å². The molecule has 1 aromatic heterocycles. The highest BCUT2D eigenvalue weighted by molar-refractivity contribution is 6.31. The SMILES string of the molecule is CC(C)n1c(CC(C)(C)C(=O)O)cc2cc(Cl)ccc21. The number of aliphatic carboxylic acids is 1. The third-order valence-corrected chi connectivity index (χ3v) is 3.83. The lowest BCUT2D eigenvalue weighted by atomic mass is 9.88. The fraction of sp³-hybridized carbons (Fsp3) is 0.438. The summed E-state index contributed by atoms with van der Waals surface area (Å²) in [6, 6.07) is 8.11. The van der Waals surface area contributed by atoms with E-state index >= 15 is 0 Å². The van der Waals surface area contributed by atoms with Crippen molar-refractivity contribution in [2.24, 2.45) is 5.41 Å². The van der Waals surface area contributed by atoms with Crippen LogP contribution in [0.4, 0.5) is 0 Å². The second kappa shape index (κ2) is 5.13. The van der Waals surface area contributed by atoms with Gasteiger partial charge in [0.1, 0.15) is 0 Å². The van der Waals surface area contributed by atoms with Crippen molar-refractivity contribution in [1.82, 2.24) is 4.57 Å². The van der Waals surface area contributed by atoms with E-state index in [4.69, 9.17) is 11.6 Å². The van der Waals surface area contributed by atoms with Crippen LogP contribution in [0, 0.1) is 5.41 Å². The lowest BCUT2D eigenvalue weighted by molar-refractivity contribution is -0.146. The van der Waals surface area contributed by atoms with E-state index in [1.165, 1.54) is 0 Å². The van der Waals surface area contributed by atoms with Gasteiger partial charge in [-0.3, -0.25) is 4.79 Å². The minimum Gasteiger partial charge on any atom is -0.481 e. The van der Waals surface area contributed by atoms with E-state index in [0.717, 1.165) is 16.6 Å². The molecule has 0 atom stereocenters. The first kappa shape index (κ1) is 14.9. The van der Waals surface area contributed by atoms with E-state index in [0.29, 0.717) is 11.4 Å². The number of fused-ring (bicyclic) bond motifs is 1. The largest absolute Gasteiger partial charge is 0.481 e. The van der Waals surface area contributed by atoms with E-state index in [1.54, 1.807) is 13.8 Å². The number of aromatic nitrogens is 1. The Kier molecular flexibility index (Phi) is 3.83. The van der Waals surface area contributed by atoms with Crippen LogP contribution in [-0.4, -0.2) is 15.6 Å². The van der Waals surface area contributed by atoms with Crippen molar-refractivity contribution in [3.05, 3.63) is 35.0 Å². The number of carboxylic acids is 1. The van der Waals surface area contributed by atoms with Crippen LogP contribution < -0.4 is 0 Å². The molecule has 0 aliphatic carbocycles. The molecule has 2 rings (SSSR count). The number of benzene rings is 1. The maximum absolute atomic E-state index is 11.3. The van der Waals surface area contributed by atoms with Gasteiger partial charge < -0.3 is 9.67 Å². The van der Waals surface area contributed by atoms with Gasteiger partial charge >= 0.3 is 5.97 Å². The number of carboxylic acid groups (broad SMARTS) is 1. The summed E-state index contributed by atoms with van der Waals surface area (Å²) in [5.41, 5.74) is 1.34. The molecule has 0 bridgehead atoms. The van der Waals surface area contributed by atoms with Crippen LogP contribution in [0.3, 0.4) is 0 Å². The third-order valence-electron chi connectivity index (χ3n) is 3.60. The maximum atomic E-state index is 11.3. The van der Waals surface area contributed by atoms with Crippen molar-refractivity contribution in [2.45, 2.75) is 40.2 Å². The van der Waals surface area contributed by atoms with E-state index in [9.17, 15) is 9.90 Å². The zero-order valence-electron chi connectivity index (χ0n) is 12.3. The summed E-state index contributed by atoms with van der Waals surface area (Å²) < 4.78 is 2.19. The second-order valence-electron chi connectivity index (χ2n) is 6.17. The highest BCUT2D eigenvalue weighted by Crippen LogP contribution is 2.31. The Bertz CT molecular complexity index is 656. The molecule has 1 heterocycles. The molecule has 4 heteroatoms. The number of carbonyl (C=O) groups is 1. The molecule has 0 aliphatic heterocycles. The Labute approximate surface area is 124 Å². The highest BCUT2D eigenvalue weighted by Gasteiger charge is 2.29. The summed E-state index contributed by atoms with van der Waals surface area (Å²) in [6.45, 7) is 7.71. The van der Waals surface area contributed by atoms with Crippen LogP contribution in [0.15, 0.2) is 24.3 Å². The first-order chi connectivity index (χ1) is 9.22. The molecule has 0 aliphatic rings. The molecular formula is C16H20ClNO2. The third kappa shape index (κ3) is 2.68. The molecule has 1 N–H and O–H groups in total. The van der Waals surface area contributed by atoms with E-state index in [2.05, 4.69) is 18.4 Å². The van der Waals surface area contributed by atoms with Crippen LogP contribution in [0.25, 0.3) is 10.9 Å². The molecule has 0 fully saturated rings. The van der Waals surface area contributed by atoms with Gasteiger partial charge in [0.15, 0.2) is 0 Å². The fourth-order valence-electron chi connectivity index (χ4n) is 2.54. The van der Waals surface area contributed by atoms with Crippen molar-refractivity contribution < 1.29 is 9.90 Å². The van der Waals surface area contributed by atoms with Crippen molar-refractivity contribution in [3.63, 3.8) is 0 Å².